The molecule has 3 fully saturated rings. The summed E-state index contributed by atoms with van der Waals surface area (Å²) in [6.07, 6.45) is 5.41. The first-order valence-corrected chi connectivity index (χ1v) is 24.1. The van der Waals surface area contributed by atoms with Gasteiger partial charge >= 0.3 is 0 Å². The van der Waals surface area contributed by atoms with Gasteiger partial charge in [0.1, 0.15) is 40.9 Å². The number of nitrogens with zero attached hydrogens (tertiary/aromatic N) is 9. The monoisotopic (exact) mass is 1070 g/mol. The quantitative estimate of drug-likeness (QED) is 0.0593. The van der Waals surface area contributed by atoms with Crippen molar-refractivity contribution in [2.45, 2.75) is 76.7 Å². The Morgan fingerprint density at radius 1 is 1.00 bits per heavy atom. The smallest absolute Gasteiger partial charge is 0.252 e. The summed E-state index contributed by atoms with van der Waals surface area (Å²) in [4.78, 5) is 80.4. The Hall–Kier alpha value is -6.43. The molecule has 9 rings (SSSR count). The minimum atomic E-state index is -0.547. The van der Waals surface area contributed by atoms with E-state index in [-0.39, 0.29) is 98.1 Å². The van der Waals surface area contributed by atoms with Crippen molar-refractivity contribution in [2.24, 2.45) is 0 Å². The van der Waals surface area contributed by atoms with Crippen LogP contribution in [0.3, 0.4) is 0 Å². The molecule has 0 spiro atoms. The normalized spacial score (nSPS) is 18.4. The Kier molecular flexibility index (Phi) is 18.3. The summed E-state index contributed by atoms with van der Waals surface area (Å²) in [7, 11) is 0. The van der Waals surface area contributed by atoms with E-state index in [0.717, 1.165) is 44.7 Å². The number of Topliss-reactive ketones (excluding diaryl/α,β-unsaturated/α-hetero) is 2. The van der Waals surface area contributed by atoms with E-state index in [2.05, 4.69) is 42.9 Å². The molecule has 18 nitrogen and oxygen atoms in total. The van der Waals surface area contributed by atoms with Gasteiger partial charge in [0.05, 0.1) is 56.1 Å². The van der Waals surface area contributed by atoms with Crippen LogP contribution in [0.25, 0.3) is 27.1 Å². The van der Waals surface area contributed by atoms with Crippen LogP contribution in [0, 0.1) is 25.4 Å². The fourth-order valence-electron chi connectivity index (χ4n) is 9.68. The van der Waals surface area contributed by atoms with Crippen molar-refractivity contribution in [1.29, 1.82) is 0 Å². The van der Waals surface area contributed by atoms with E-state index in [1.807, 2.05) is 32.0 Å². The van der Waals surface area contributed by atoms with Crippen LogP contribution in [0.1, 0.15) is 61.9 Å². The molecule has 379 valence electrons. The standard InChI is InChI=1S/C39H46FN10O4.C14H12NO3.Y/c1-27(51)43-14-21-53-22-20-47-16-18-48(19-17-47)39(2,3)24-33(42-4)38(52)49-15-8-9-28(49)25-50-37-34(36(41)44-26-45-37)35(46-50)31-13-12-30(23-32(31)40)54-29-10-6-5-7-11-29;16-10-5-6-12(13(17)7-10)15-8-9-3-1-2-4-11(9)14(15)18;/h5-7,10-13,23-24,26,28H,1,8-9,14-22,25H2,2-3H3,(H,43,51)(H2,41,44,45);1-2,4,12H,5-8H2;/q2*-1;/b33-24-;;/t28-;;/m1../s1. The number of nitrogens with two attached hydrogens (primary N) is 1. The Bertz CT molecular complexity index is 2900. The maximum atomic E-state index is 15.7. The van der Waals surface area contributed by atoms with Crippen molar-refractivity contribution in [3.05, 3.63) is 126 Å². The summed E-state index contributed by atoms with van der Waals surface area (Å²) < 4.78 is 28.8. The van der Waals surface area contributed by atoms with Crippen molar-refractivity contribution < 1.29 is 70.5 Å². The van der Waals surface area contributed by atoms with Crippen LogP contribution in [0.5, 0.6) is 11.5 Å². The first kappa shape index (κ1) is 54.4. The summed E-state index contributed by atoms with van der Waals surface area (Å²) in [5.41, 5.74) is 8.26. The van der Waals surface area contributed by atoms with Crippen LogP contribution in [0.2, 0.25) is 0 Å². The molecule has 5 heterocycles. The number of aromatic nitrogens is 4. The van der Waals surface area contributed by atoms with Gasteiger partial charge in [-0.15, -0.1) is 5.56 Å². The van der Waals surface area contributed by atoms with Crippen LogP contribution in [0.4, 0.5) is 10.2 Å². The van der Waals surface area contributed by atoms with Crippen LogP contribution < -0.4 is 15.8 Å². The Labute approximate surface area is 449 Å². The summed E-state index contributed by atoms with van der Waals surface area (Å²) >= 11 is 0. The zero-order valence-corrected chi connectivity index (χ0v) is 43.9. The van der Waals surface area contributed by atoms with Crippen LogP contribution >= 0.6 is 0 Å². The molecule has 20 heteroatoms. The maximum absolute atomic E-state index is 15.7. The SMILES string of the molecule is O=C1CCC(N2Cc3[c-]cccc3C2=O)C(=O)C1.[C-]#[N+]/C(=C\C(C)(C)N1CCN(CCOCCNC([CH2-])=O)CC1)C(=O)N1CCC[C@@H]1Cn1nc(-c2ccc(Oc3ccccc3)cc2F)c2c(N)ncnc21.[Y]. The molecular formula is C53H58FN11O7Y-2. The van der Waals surface area contributed by atoms with Gasteiger partial charge in [0, 0.05) is 109 Å². The molecule has 0 bridgehead atoms. The molecule has 4 aliphatic rings. The number of hydrogen-bond donors (Lipinski definition) is 2. The molecular weight excluding hydrogens is 1010 g/mol. The predicted molar refractivity (Wildman–Crippen MR) is 265 cm³/mol. The van der Waals surface area contributed by atoms with Gasteiger partial charge in [-0.1, -0.05) is 29.8 Å². The average Bonchev–Trinajstić information content (AvgIpc) is 4.08. The first-order chi connectivity index (χ1) is 34.7. The molecule has 3 aliphatic heterocycles. The fraction of sp³-hybridized carbons (Fsp3) is 0.396. The number of carbonyl (C=O) groups excluding carboxylic acids is 5. The number of nitrogens with one attached hydrogen (secondary N) is 1. The number of piperazine rings is 1. The van der Waals surface area contributed by atoms with Crippen LogP contribution in [-0.2, 0) is 69.7 Å². The molecule has 73 heavy (non-hydrogen) atoms. The third kappa shape index (κ3) is 13.0. The number of ketones is 2. The van der Waals surface area contributed by atoms with Crippen molar-refractivity contribution in [3.63, 3.8) is 0 Å². The van der Waals surface area contributed by atoms with Gasteiger partial charge in [0.15, 0.2) is 17.3 Å². The summed E-state index contributed by atoms with van der Waals surface area (Å²) in [5.74, 6) is -0.377. The van der Waals surface area contributed by atoms with E-state index in [1.54, 1.807) is 63.0 Å². The number of amides is 3. The molecule has 3 amide bonds. The third-order valence-corrected chi connectivity index (χ3v) is 13.5. The minimum absolute atomic E-state index is 0. The molecule has 1 unspecified atom stereocenters. The minimum Gasteiger partial charge on any atom is -0.457 e. The molecule has 5 aromatic rings. The number of halogens is 1. The maximum Gasteiger partial charge on any atom is 0.252 e. The van der Waals surface area contributed by atoms with Gasteiger partial charge in [0.25, 0.3) is 5.91 Å². The number of benzene rings is 3. The molecule has 1 radical (unpaired) electrons. The number of carbonyl (C=O) groups is 5. The predicted octanol–water partition coefficient (Wildman–Crippen LogP) is 5.29. The molecule has 3 aromatic carbocycles. The Morgan fingerprint density at radius 2 is 1.78 bits per heavy atom. The van der Waals surface area contributed by atoms with Gasteiger partial charge in [-0.05, 0) is 57.4 Å². The van der Waals surface area contributed by atoms with Crippen molar-refractivity contribution >= 4 is 46.1 Å². The summed E-state index contributed by atoms with van der Waals surface area (Å²) in [6, 6.07) is 21.3. The number of rotatable bonds is 15. The van der Waals surface area contributed by atoms with Crippen molar-refractivity contribution in [2.75, 3.05) is 64.8 Å². The van der Waals surface area contributed by atoms with Gasteiger partial charge in [-0.3, -0.25) is 29.0 Å². The van der Waals surface area contributed by atoms with E-state index in [0.29, 0.717) is 85.9 Å². The first-order valence-electron chi connectivity index (χ1n) is 24.1. The number of fused-ring (bicyclic) bond motifs is 2. The summed E-state index contributed by atoms with van der Waals surface area (Å²) in [5, 5.41) is 7.82. The topological polar surface area (TPSA) is 203 Å². The molecule has 2 saturated heterocycles. The summed E-state index contributed by atoms with van der Waals surface area (Å²) in [6.45, 7) is 22.0. The zero-order valence-electron chi connectivity index (χ0n) is 41.1. The van der Waals surface area contributed by atoms with Crippen LogP contribution in [0.15, 0.2) is 84.8 Å². The number of ether oxygens (including phenoxy) is 2. The second-order valence-electron chi connectivity index (χ2n) is 18.7. The molecule has 1 saturated carbocycles. The van der Waals surface area contributed by atoms with E-state index >= 15 is 4.39 Å². The van der Waals surface area contributed by atoms with Crippen molar-refractivity contribution in [1.82, 2.24) is 44.7 Å². The number of likely N-dealkylation sites (tertiary alicyclic amines) is 1. The van der Waals surface area contributed by atoms with Gasteiger partial charge in [-0.2, -0.15) is 29.4 Å². The number of para-hydroxylation sites is 1. The van der Waals surface area contributed by atoms with E-state index in [1.165, 1.54) is 12.4 Å². The Morgan fingerprint density at radius 3 is 2.49 bits per heavy atom. The van der Waals surface area contributed by atoms with E-state index in [9.17, 15) is 24.0 Å². The fourth-order valence-corrected chi connectivity index (χ4v) is 9.68. The largest absolute Gasteiger partial charge is 0.457 e. The number of nitrogen functional groups attached to an aromatic ring is 1. The van der Waals surface area contributed by atoms with Gasteiger partial charge in [0.2, 0.25) is 5.70 Å². The third-order valence-electron chi connectivity index (χ3n) is 13.5. The van der Waals surface area contributed by atoms with Gasteiger partial charge < -0.3 is 42.0 Å². The zero-order chi connectivity index (χ0) is 50.9. The van der Waals surface area contributed by atoms with Crippen LogP contribution in [-0.4, -0.2) is 145 Å². The van der Waals surface area contributed by atoms with Crippen molar-refractivity contribution in [3.8, 4) is 22.8 Å². The van der Waals surface area contributed by atoms with Gasteiger partial charge in [-0.25, -0.2) is 23.9 Å². The number of hydrogen-bond acceptors (Lipinski definition) is 13. The second-order valence-corrected chi connectivity index (χ2v) is 18.7. The average molecular weight is 1070 g/mol. The second kappa shape index (κ2) is 24.5. The number of anilines is 1. The molecule has 1 aliphatic carbocycles. The molecule has 3 N–H and O–H groups in total. The van der Waals surface area contributed by atoms with E-state index in [4.69, 9.17) is 26.9 Å². The van der Waals surface area contributed by atoms with E-state index < -0.39 is 17.4 Å². The molecule has 2 atom stereocenters. The Balaban J connectivity index is 0.000000343. The molecule has 2 aromatic heterocycles.